The van der Waals surface area contributed by atoms with Gasteiger partial charge in [-0.1, -0.05) is 12.8 Å². The average molecular weight is 244 g/mol. The Morgan fingerprint density at radius 1 is 0.944 bits per heavy atom. The molecule has 1 aromatic carbocycles. The molecule has 0 radical (unpaired) electrons. The summed E-state index contributed by atoms with van der Waals surface area (Å²) in [5, 5.41) is 3.59. The number of hydrogen-bond acceptors (Lipinski definition) is 2. The van der Waals surface area contributed by atoms with Crippen molar-refractivity contribution < 1.29 is 0 Å². The maximum Gasteiger partial charge on any atom is 0.0367 e. The van der Waals surface area contributed by atoms with E-state index in [0.717, 1.165) is 12.5 Å². The van der Waals surface area contributed by atoms with Crippen LogP contribution in [0.25, 0.3) is 0 Å². The van der Waals surface area contributed by atoms with Crippen LogP contribution >= 0.6 is 0 Å². The minimum absolute atomic E-state index is 0.906. The molecule has 1 aromatic rings. The van der Waals surface area contributed by atoms with E-state index in [4.69, 9.17) is 0 Å². The second kappa shape index (κ2) is 5.64. The summed E-state index contributed by atoms with van der Waals surface area (Å²) in [6.45, 7) is 3.62. The Balaban J connectivity index is 1.53. The predicted octanol–water partition coefficient (Wildman–Crippen LogP) is 3.89. The molecule has 1 heterocycles. The van der Waals surface area contributed by atoms with Crippen LogP contribution in [0.4, 0.5) is 11.4 Å². The van der Waals surface area contributed by atoms with E-state index >= 15 is 0 Å². The van der Waals surface area contributed by atoms with Gasteiger partial charge in [-0.2, -0.15) is 0 Å². The zero-order valence-corrected chi connectivity index (χ0v) is 11.2. The summed E-state index contributed by atoms with van der Waals surface area (Å²) in [6, 6.07) is 9.01. The van der Waals surface area contributed by atoms with E-state index < -0.39 is 0 Å². The first kappa shape index (κ1) is 11.9. The predicted molar refractivity (Wildman–Crippen MR) is 78.3 cm³/mol. The molecule has 2 heteroatoms. The Hall–Kier alpha value is -1.18. The van der Waals surface area contributed by atoms with E-state index in [1.54, 1.807) is 0 Å². The smallest absolute Gasteiger partial charge is 0.0367 e. The first-order valence-electron chi connectivity index (χ1n) is 7.51. The van der Waals surface area contributed by atoms with Gasteiger partial charge >= 0.3 is 0 Å². The molecule has 0 spiro atoms. The lowest BCUT2D eigenvalue weighted by atomic mass is 10.1. The second-order valence-electron chi connectivity index (χ2n) is 5.77. The molecular weight excluding hydrogens is 220 g/mol. The molecule has 1 saturated carbocycles. The monoisotopic (exact) mass is 244 g/mol. The number of hydrogen-bond donors (Lipinski definition) is 1. The van der Waals surface area contributed by atoms with Crippen molar-refractivity contribution in [2.45, 2.75) is 38.5 Å². The minimum Gasteiger partial charge on any atom is -0.385 e. The topological polar surface area (TPSA) is 15.3 Å². The Morgan fingerprint density at radius 3 is 2.28 bits per heavy atom. The van der Waals surface area contributed by atoms with E-state index in [0.29, 0.717) is 0 Å². The SMILES string of the molecule is c1cc(N2CCCC2)ccc1NCC1CCCC1. The largest absolute Gasteiger partial charge is 0.385 e. The minimum atomic E-state index is 0.906. The van der Waals surface area contributed by atoms with Crippen LogP contribution in [0.5, 0.6) is 0 Å². The van der Waals surface area contributed by atoms with Gasteiger partial charge in [0.2, 0.25) is 0 Å². The molecule has 2 aliphatic rings. The standard InChI is InChI=1S/C16H24N2/c1-2-6-14(5-1)13-17-15-7-9-16(10-8-15)18-11-3-4-12-18/h7-10,14,17H,1-6,11-13H2. The Bertz CT molecular complexity index is 359. The maximum atomic E-state index is 3.59. The fraction of sp³-hybridized carbons (Fsp3) is 0.625. The van der Waals surface area contributed by atoms with Gasteiger partial charge in [0.1, 0.15) is 0 Å². The van der Waals surface area contributed by atoms with Crippen LogP contribution in [-0.2, 0) is 0 Å². The third-order valence-electron chi connectivity index (χ3n) is 4.41. The molecule has 0 atom stereocenters. The van der Waals surface area contributed by atoms with Crippen molar-refractivity contribution in [3.8, 4) is 0 Å². The highest BCUT2D eigenvalue weighted by atomic mass is 15.1. The van der Waals surface area contributed by atoms with Crippen molar-refractivity contribution in [3.63, 3.8) is 0 Å². The summed E-state index contributed by atoms with van der Waals surface area (Å²) in [4.78, 5) is 2.49. The van der Waals surface area contributed by atoms with E-state index in [-0.39, 0.29) is 0 Å². The number of nitrogens with one attached hydrogen (secondary N) is 1. The third-order valence-corrected chi connectivity index (χ3v) is 4.41. The highest BCUT2D eigenvalue weighted by molar-refractivity contribution is 5.55. The summed E-state index contributed by atoms with van der Waals surface area (Å²) < 4.78 is 0. The molecule has 0 aromatic heterocycles. The lowest BCUT2D eigenvalue weighted by molar-refractivity contribution is 0.580. The molecule has 18 heavy (non-hydrogen) atoms. The number of rotatable bonds is 4. The zero-order valence-electron chi connectivity index (χ0n) is 11.2. The molecule has 2 nitrogen and oxygen atoms in total. The highest BCUT2D eigenvalue weighted by Crippen LogP contribution is 2.26. The summed E-state index contributed by atoms with van der Waals surface area (Å²) in [7, 11) is 0. The van der Waals surface area contributed by atoms with Crippen molar-refractivity contribution in [2.24, 2.45) is 5.92 Å². The van der Waals surface area contributed by atoms with Gasteiger partial charge in [-0.25, -0.2) is 0 Å². The van der Waals surface area contributed by atoms with Gasteiger partial charge in [0.25, 0.3) is 0 Å². The van der Waals surface area contributed by atoms with Gasteiger partial charge in [-0.15, -0.1) is 0 Å². The van der Waals surface area contributed by atoms with Crippen LogP contribution in [0.3, 0.4) is 0 Å². The van der Waals surface area contributed by atoms with Crippen molar-refractivity contribution in [1.29, 1.82) is 0 Å². The first-order chi connectivity index (χ1) is 8.92. The van der Waals surface area contributed by atoms with Crippen LogP contribution < -0.4 is 10.2 Å². The van der Waals surface area contributed by atoms with Crippen LogP contribution in [0.2, 0.25) is 0 Å². The van der Waals surface area contributed by atoms with Crippen molar-refractivity contribution in [3.05, 3.63) is 24.3 Å². The number of nitrogens with zero attached hydrogens (tertiary/aromatic N) is 1. The van der Waals surface area contributed by atoms with Crippen molar-refractivity contribution in [1.82, 2.24) is 0 Å². The number of anilines is 2. The molecule has 0 amide bonds. The van der Waals surface area contributed by atoms with Crippen LogP contribution in [-0.4, -0.2) is 19.6 Å². The lowest BCUT2D eigenvalue weighted by Gasteiger charge is -2.18. The molecular formula is C16H24N2. The Labute approximate surface area is 110 Å². The summed E-state index contributed by atoms with van der Waals surface area (Å²) in [5.74, 6) is 0.906. The van der Waals surface area contributed by atoms with Gasteiger partial charge in [0.05, 0.1) is 0 Å². The summed E-state index contributed by atoms with van der Waals surface area (Å²) >= 11 is 0. The normalized spacial score (nSPS) is 20.6. The lowest BCUT2D eigenvalue weighted by Crippen LogP contribution is -2.17. The van der Waals surface area contributed by atoms with Crippen LogP contribution in [0.15, 0.2) is 24.3 Å². The van der Waals surface area contributed by atoms with Gasteiger partial charge < -0.3 is 10.2 Å². The zero-order chi connectivity index (χ0) is 12.2. The molecule has 1 aliphatic heterocycles. The summed E-state index contributed by atoms with van der Waals surface area (Å²) in [6.07, 6.45) is 8.39. The molecule has 1 aliphatic carbocycles. The first-order valence-corrected chi connectivity index (χ1v) is 7.51. The molecule has 0 unspecified atom stereocenters. The fourth-order valence-corrected chi connectivity index (χ4v) is 3.24. The molecule has 2 fully saturated rings. The number of benzene rings is 1. The fourth-order valence-electron chi connectivity index (χ4n) is 3.24. The van der Waals surface area contributed by atoms with Crippen LogP contribution in [0, 0.1) is 5.92 Å². The maximum absolute atomic E-state index is 3.59. The molecule has 3 rings (SSSR count). The van der Waals surface area contributed by atoms with E-state index in [2.05, 4.69) is 34.5 Å². The van der Waals surface area contributed by atoms with Crippen LogP contribution in [0.1, 0.15) is 38.5 Å². The highest BCUT2D eigenvalue weighted by Gasteiger charge is 2.14. The van der Waals surface area contributed by atoms with Gasteiger partial charge in [0, 0.05) is 31.0 Å². The molecule has 98 valence electrons. The van der Waals surface area contributed by atoms with Gasteiger partial charge in [-0.05, 0) is 55.9 Å². The Morgan fingerprint density at radius 2 is 1.61 bits per heavy atom. The van der Waals surface area contributed by atoms with E-state index in [1.807, 2.05) is 0 Å². The third kappa shape index (κ3) is 2.80. The van der Waals surface area contributed by atoms with Crippen molar-refractivity contribution >= 4 is 11.4 Å². The molecule has 0 bridgehead atoms. The molecule has 1 N–H and O–H groups in total. The molecule has 1 saturated heterocycles. The quantitative estimate of drug-likeness (QED) is 0.864. The van der Waals surface area contributed by atoms with E-state index in [9.17, 15) is 0 Å². The van der Waals surface area contributed by atoms with Gasteiger partial charge in [0.15, 0.2) is 0 Å². The summed E-state index contributed by atoms with van der Waals surface area (Å²) in [5.41, 5.74) is 2.67. The van der Waals surface area contributed by atoms with Crippen molar-refractivity contribution in [2.75, 3.05) is 29.9 Å². The Kier molecular flexibility index (Phi) is 3.72. The second-order valence-corrected chi connectivity index (χ2v) is 5.77. The van der Waals surface area contributed by atoms with E-state index in [1.165, 1.54) is 63.0 Å². The average Bonchev–Trinajstić information content (AvgIpc) is 3.10. The van der Waals surface area contributed by atoms with Gasteiger partial charge in [-0.3, -0.25) is 0 Å².